The summed E-state index contributed by atoms with van der Waals surface area (Å²) in [5.41, 5.74) is 1.26. The summed E-state index contributed by atoms with van der Waals surface area (Å²) < 4.78 is 2.00. The molecule has 2 aromatic rings. The van der Waals surface area contributed by atoms with Crippen molar-refractivity contribution in [1.29, 1.82) is 0 Å². The summed E-state index contributed by atoms with van der Waals surface area (Å²) in [4.78, 5) is 9.89. The molecule has 2 aliphatic heterocycles. The molecule has 2 aliphatic rings. The maximum atomic E-state index is 4.95. The Kier molecular flexibility index (Phi) is 7.87. The molecule has 0 saturated carbocycles. The molecule has 8 heteroatoms. The normalized spacial score (nSPS) is 20.4. The zero-order valence-corrected chi connectivity index (χ0v) is 20.4. The lowest BCUT2D eigenvalue weighted by Crippen LogP contribution is -2.43. The predicted molar refractivity (Wildman–Crippen MR) is 131 cm³/mol. The van der Waals surface area contributed by atoms with E-state index in [1.165, 1.54) is 12.0 Å². The van der Waals surface area contributed by atoms with Crippen molar-refractivity contribution in [3.8, 4) is 0 Å². The number of guanidine groups is 1. The first-order valence-electron chi connectivity index (χ1n) is 10.5. The number of hydrogen-bond donors (Lipinski definition) is 1. The monoisotopic (exact) mass is 521 g/mol. The summed E-state index contributed by atoms with van der Waals surface area (Å²) in [6.45, 7) is 8.84. The molecule has 0 amide bonds. The summed E-state index contributed by atoms with van der Waals surface area (Å²) >= 11 is 0. The first-order valence-corrected chi connectivity index (χ1v) is 10.5. The third kappa shape index (κ3) is 5.21. The van der Waals surface area contributed by atoms with Gasteiger partial charge in [0.15, 0.2) is 11.8 Å². The van der Waals surface area contributed by atoms with Gasteiger partial charge < -0.3 is 14.8 Å². The first-order chi connectivity index (χ1) is 14.1. The van der Waals surface area contributed by atoms with Gasteiger partial charge in [-0.3, -0.25) is 4.90 Å². The standard InChI is InChI=1S/C22H31N7.HI/c1-17(19-9-5-4-6-10-19)24-22(23-15-21-26-25-18(2)27(21)3)29-14-11-20(16-29)28-12-7-8-13-28;/h4-10,17,20H,11-16H2,1-3H3,(H,23,24);1H. The van der Waals surface area contributed by atoms with Crippen LogP contribution in [0.15, 0.2) is 47.5 Å². The fraction of sp³-hybridized carbons (Fsp3) is 0.500. The van der Waals surface area contributed by atoms with Gasteiger partial charge in [0.2, 0.25) is 0 Å². The molecule has 1 saturated heterocycles. The van der Waals surface area contributed by atoms with Crippen molar-refractivity contribution >= 4 is 29.9 Å². The van der Waals surface area contributed by atoms with Crippen LogP contribution in [0.5, 0.6) is 0 Å². The molecular formula is C22H32IN7. The number of aryl methyl sites for hydroxylation is 1. The van der Waals surface area contributed by atoms with Gasteiger partial charge in [0.25, 0.3) is 0 Å². The molecule has 0 aliphatic carbocycles. The van der Waals surface area contributed by atoms with E-state index in [0.29, 0.717) is 12.6 Å². The Morgan fingerprint density at radius 1 is 1.20 bits per heavy atom. The summed E-state index contributed by atoms with van der Waals surface area (Å²) in [5.74, 6) is 2.75. The molecule has 1 fully saturated rings. The molecule has 0 radical (unpaired) electrons. The number of aromatic nitrogens is 3. The molecule has 30 heavy (non-hydrogen) atoms. The van der Waals surface area contributed by atoms with E-state index in [4.69, 9.17) is 4.99 Å². The third-order valence-electron chi connectivity index (χ3n) is 6.02. The number of halogens is 1. The van der Waals surface area contributed by atoms with Crippen molar-refractivity contribution in [2.75, 3.05) is 26.2 Å². The largest absolute Gasteiger partial charge is 0.350 e. The van der Waals surface area contributed by atoms with Crippen LogP contribution in [0.4, 0.5) is 0 Å². The quantitative estimate of drug-likeness (QED) is 0.284. The van der Waals surface area contributed by atoms with E-state index in [1.807, 2.05) is 18.5 Å². The Labute approximate surface area is 196 Å². The Morgan fingerprint density at radius 2 is 1.93 bits per heavy atom. The van der Waals surface area contributed by atoms with Crippen molar-refractivity contribution in [1.82, 2.24) is 29.9 Å². The van der Waals surface area contributed by atoms with Gasteiger partial charge in [-0.15, -0.1) is 34.2 Å². The second-order valence-corrected chi connectivity index (χ2v) is 7.95. The Balaban J connectivity index is 0.00000256. The van der Waals surface area contributed by atoms with Gasteiger partial charge in [0.1, 0.15) is 12.4 Å². The highest BCUT2D eigenvalue weighted by molar-refractivity contribution is 14.0. The molecule has 4 rings (SSSR count). The first kappa shape index (κ1) is 22.7. The Bertz CT molecular complexity index is 869. The van der Waals surface area contributed by atoms with Crippen LogP contribution >= 0.6 is 24.0 Å². The van der Waals surface area contributed by atoms with Gasteiger partial charge in [0.05, 0.1) is 6.04 Å². The minimum atomic E-state index is 0. The van der Waals surface area contributed by atoms with E-state index in [-0.39, 0.29) is 30.0 Å². The van der Waals surface area contributed by atoms with Gasteiger partial charge in [0, 0.05) is 39.3 Å². The minimum Gasteiger partial charge on any atom is -0.350 e. The van der Waals surface area contributed by atoms with Crippen molar-refractivity contribution in [2.24, 2.45) is 12.0 Å². The van der Waals surface area contributed by atoms with E-state index >= 15 is 0 Å². The van der Waals surface area contributed by atoms with Crippen LogP contribution in [0, 0.1) is 6.92 Å². The van der Waals surface area contributed by atoms with E-state index in [9.17, 15) is 0 Å². The van der Waals surface area contributed by atoms with Gasteiger partial charge in [-0.2, -0.15) is 0 Å². The second kappa shape index (κ2) is 10.4. The lowest BCUT2D eigenvalue weighted by atomic mass is 10.1. The highest BCUT2D eigenvalue weighted by Crippen LogP contribution is 2.20. The van der Waals surface area contributed by atoms with Gasteiger partial charge in [-0.25, -0.2) is 4.99 Å². The van der Waals surface area contributed by atoms with Crippen LogP contribution in [0.25, 0.3) is 0 Å². The topological polar surface area (TPSA) is 61.6 Å². The highest BCUT2D eigenvalue weighted by Gasteiger charge is 2.30. The fourth-order valence-corrected chi connectivity index (χ4v) is 4.01. The zero-order chi connectivity index (χ0) is 20.2. The van der Waals surface area contributed by atoms with Gasteiger partial charge >= 0.3 is 0 Å². The number of nitrogens with one attached hydrogen (secondary N) is 1. The summed E-state index contributed by atoms with van der Waals surface area (Å²) in [6.07, 6.45) is 5.71. The molecule has 162 valence electrons. The maximum absolute atomic E-state index is 4.95. The molecule has 3 heterocycles. The Hall–Kier alpha value is -1.94. The number of rotatable bonds is 5. The maximum Gasteiger partial charge on any atom is 0.194 e. The zero-order valence-electron chi connectivity index (χ0n) is 18.0. The Morgan fingerprint density at radius 3 is 2.60 bits per heavy atom. The molecule has 1 N–H and O–H groups in total. The van der Waals surface area contributed by atoms with Crippen LogP contribution in [-0.4, -0.2) is 62.7 Å². The highest BCUT2D eigenvalue weighted by atomic mass is 127. The number of nitrogens with zero attached hydrogens (tertiary/aromatic N) is 6. The summed E-state index contributed by atoms with van der Waals surface area (Å²) in [6, 6.07) is 11.3. The lowest BCUT2D eigenvalue weighted by molar-refractivity contribution is 0.259. The SMILES string of the molecule is Cc1nnc(CN=C(NC(C)c2ccccc2)N2CCC(N3CC=CC3)C2)n1C.I. The van der Waals surface area contributed by atoms with Gasteiger partial charge in [-0.1, -0.05) is 42.5 Å². The van der Waals surface area contributed by atoms with E-state index in [1.54, 1.807) is 0 Å². The smallest absolute Gasteiger partial charge is 0.194 e. The molecular weight excluding hydrogens is 489 g/mol. The van der Waals surface area contributed by atoms with Crippen LogP contribution in [0.3, 0.4) is 0 Å². The predicted octanol–water partition coefficient (Wildman–Crippen LogP) is 2.89. The van der Waals surface area contributed by atoms with E-state index < -0.39 is 0 Å². The number of benzene rings is 1. The van der Waals surface area contributed by atoms with Crippen molar-refractivity contribution in [3.63, 3.8) is 0 Å². The number of aliphatic imine (C=N–C) groups is 1. The molecule has 1 aromatic carbocycles. The molecule has 2 unspecified atom stereocenters. The van der Waals surface area contributed by atoms with Crippen molar-refractivity contribution in [2.45, 2.75) is 38.9 Å². The van der Waals surface area contributed by atoms with Crippen LogP contribution in [0.1, 0.15) is 36.6 Å². The van der Waals surface area contributed by atoms with Crippen LogP contribution in [0.2, 0.25) is 0 Å². The van der Waals surface area contributed by atoms with Crippen molar-refractivity contribution < 1.29 is 0 Å². The van der Waals surface area contributed by atoms with Gasteiger partial charge in [-0.05, 0) is 25.8 Å². The number of likely N-dealkylation sites (tertiary alicyclic amines) is 1. The average Bonchev–Trinajstić information content (AvgIpc) is 3.49. The van der Waals surface area contributed by atoms with Crippen LogP contribution < -0.4 is 5.32 Å². The van der Waals surface area contributed by atoms with Crippen molar-refractivity contribution in [3.05, 3.63) is 59.7 Å². The van der Waals surface area contributed by atoms with E-state index in [0.717, 1.165) is 43.8 Å². The summed E-state index contributed by atoms with van der Waals surface area (Å²) in [7, 11) is 1.99. The fourth-order valence-electron chi connectivity index (χ4n) is 4.01. The third-order valence-corrected chi connectivity index (χ3v) is 6.02. The second-order valence-electron chi connectivity index (χ2n) is 7.95. The van der Waals surface area contributed by atoms with E-state index in [2.05, 4.69) is 74.7 Å². The average molecular weight is 521 g/mol. The van der Waals surface area contributed by atoms with Crippen LogP contribution in [-0.2, 0) is 13.6 Å². The molecule has 0 bridgehead atoms. The minimum absolute atomic E-state index is 0. The molecule has 1 aromatic heterocycles. The molecule has 2 atom stereocenters. The summed E-state index contributed by atoms with van der Waals surface area (Å²) in [5, 5.41) is 12.1. The number of hydrogen-bond acceptors (Lipinski definition) is 4. The molecule has 7 nitrogen and oxygen atoms in total. The lowest BCUT2D eigenvalue weighted by Gasteiger charge is -2.27. The molecule has 0 spiro atoms.